The molecular formula is C25H37N4O3P3. The number of rotatable bonds is 12. The van der Waals surface area contributed by atoms with Crippen LogP contribution in [0.2, 0.25) is 0 Å². The fraction of sp³-hybridized carbons (Fsp3) is 0.440. The van der Waals surface area contributed by atoms with E-state index in [2.05, 4.69) is 45.5 Å². The predicted molar refractivity (Wildman–Crippen MR) is 150 cm³/mol. The number of nitrogens with zero attached hydrogens (tertiary/aromatic N) is 2. The van der Waals surface area contributed by atoms with E-state index in [-0.39, 0.29) is 24.0 Å². The quantitative estimate of drug-likeness (QED) is 0.365. The smallest absolute Gasteiger partial charge is 0.318 e. The second kappa shape index (κ2) is 14.2. The van der Waals surface area contributed by atoms with Crippen LogP contribution in [-0.2, 0) is 17.6 Å². The van der Waals surface area contributed by atoms with Gasteiger partial charge in [0.15, 0.2) is 0 Å². The number of carbonyl (C=O) groups excluding carboxylic acids is 2. The molecule has 0 aliphatic carbocycles. The SMILES string of the molecule is CC(C(=O)NC(Cc1ccccc1)CC(O)C(Cc1ccccc1)N(P)PP)N1CCCNC1=O. The number of aliphatic hydroxyl groups is 1. The first-order chi connectivity index (χ1) is 16.9. The average Bonchev–Trinajstić information content (AvgIpc) is 2.87. The van der Waals surface area contributed by atoms with Gasteiger partial charge in [-0.3, -0.25) is 9.24 Å². The highest BCUT2D eigenvalue weighted by molar-refractivity contribution is 8.02. The summed E-state index contributed by atoms with van der Waals surface area (Å²) in [4.78, 5) is 27.0. The molecule has 2 aromatic rings. The zero-order valence-corrected chi connectivity index (χ0v) is 23.4. The van der Waals surface area contributed by atoms with Gasteiger partial charge >= 0.3 is 6.03 Å². The molecule has 190 valence electrons. The molecule has 0 spiro atoms. The summed E-state index contributed by atoms with van der Waals surface area (Å²) in [6.07, 6.45) is 1.85. The van der Waals surface area contributed by atoms with Crippen LogP contribution in [0.15, 0.2) is 60.7 Å². The van der Waals surface area contributed by atoms with Crippen molar-refractivity contribution in [1.82, 2.24) is 20.0 Å². The Hall–Kier alpha value is -1.61. The van der Waals surface area contributed by atoms with Crippen molar-refractivity contribution in [2.75, 3.05) is 13.1 Å². The summed E-state index contributed by atoms with van der Waals surface area (Å²) in [5.41, 5.74) is 2.24. The summed E-state index contributed by atoms with van der Waals surface area (Å²) >= 11 is 0. The van der Waals surface area contributed by atoms with Gasteiger partial charge in [-0.05, 0) is 52.2 Å². The van der Waals surface area contributed by atoms with Crippen molar-refractivity contribution in [3.63, 3.8) is 0 Å². The fourth-order valence-corrected chi connectivity index (χ4v) is 5.73. The van der Waals surface area contributed by atoms with E-state index in [0.717, 1.165) is 17.5 Å². The zero-order chi connectivity index (χ0) is 25.2. The molecule has 1 heterocycles. The van der Waals surface area contributed by atoms with Crippen LogP contribution in [0.3, 0.4) is 0 Å². The predicted octanol–water partition coefficient (Wildman–Crippen LogP) is 3.36. The molecule has 0 saturated carbocycles. The lowest BCUT2D eigenvalue weighted by Crippen LogP contribution is -2.56. The van der Waals surface area contributed by atoms with Crippen LogP contribution < -0.4 is 10.6 Å². The third-order valence-corrected chi connectivity index (χ3v) is 9.64. The zero-order valence-electron chi connectivity index (χ0n) is 20.1. The second-order valence-corrected chi connectivity index (χ2v) is 11.6. The molecule has 7 unspecified atom stereocenters. The highest BCUT2D eigenvalue weighted by atomic mass is 32.0. The normalized spacial score (nSPS) is 17.7. The minimum atomic E-state index is -0.664. The van der Waals surface area contributed by atoms with Crippen molar-refractivity contribution in [3.8, 4) is 0 Å². The van der Waals surface area contributed by atoms with E-state index in [0.29, 0.717) is 40.8 Å². The van der Waals surface area contributed by atoms with Gasteiger partial charge in [0.1, 0.15) is 6.04 Å². The molecule has 35 heavy (non-hydrogen) atoms. The highest BCUT2D eigenvalue weighted by Crippen LogP contribution is 2.36. The third kappa shape index (κ3) is 8.48. The molecule has 0 aromatic heterocycles. The highest BCUT2D eigenvalue weighted by Gasteiger charge is 2.31. The van der Waals surface area contributed by atoms with E-state index < -0.39 is 12.1 Å². The van der Waals surface area contributed by atoms with Crippen LogP contribution in [0.5, 0.6) is 0 Å². The number of benzene rings is 2. The first-order valence-electron chi connectivity index (χ1n) is 12.0. The van der Waals surface area contributed by atoms with Crippen molar-refractivity contribution < 1.29 is 14.7 Å². The lowest BCUT2D eigenvalue weighted by atomic mass is 9.94. The number of carbonyl (C=O) groups is 2. The standard InChI is InChI=1S/C25H37N4O3P3/c1-18(28-14-8-13-26-25(28)32)24(31)27-21(15-19-9-4-2-5-10-19)17-23(30)22(29(33)35-34)16-20-11-6-3-7-12-20/h2-7,9-12,18,21-23,30,35H,8,13-17,33-34H2,1H3,(H,26,32)(H,27,31). The molecule has 0 radical (unpaired) electrons. The van der Waals surface area contributed by atoms with Crippen LogP contribution in [-0.4, -0.2) is 63.7 Å². The van der Waals surface area contributed by atoms with E-state index >= 15 is 0 Å². The van der Waals surface area contributed by atoms with Gasteiger partial charge in [0.05, 0.1) is 6.10 Å². The number of nitrogens with one attached hydrogen (secondary N) is 2. The number of amides is 3. The monoisotopic (exact) mass is 534 g/mol. The van der Waals surface area contributed by atoms with Crippen molar-refractivity contribution >= 4 is 38.7 Å². The Balaban J connectivity index is 1.74. The lowest BCUT2D eigenvalue weighted by molar-refractivity contribution is -0.126. The van der Waals surface area contributed by atoms with E-state index in [9.17, 15) is 14.7 Å². The number of hydrogen-bond acceptors (Lipinski definition) is 4. The molecule has 2 aromatic carbocycles. The summed E-state index contributed by atoms with van der Waals surface area (Å²) < 4.78 is 2.07. The minimum Gasteiger partial charge on any atom is -0.391 e. The van der Waals surface area contributed by atoms with Crippen LogP contribution in [0.1, 0.15) is 30.9 Å². The third-order valence-electron chi connectivity index (χ3n) is 6.40. The summed E-state index contributed by atoms with van der Waals surface area (Å²) in [6.45, 7) is 2.95. The molecule has 1 aliphatic heterocycles. The first-order valence-corrected chi connectivity index (χ1v) is 15.3. The maximum absolute atomic E-state index is 13.2. The largest absolute Gasteiger partial charge is 0.391 e. The van der Waals surface area contributed by atoms with Crippen LogP contribution >= 0.6 is 26.7 Å². The van der Waals surface area contributed by atoms with Crippen molar-refractivity contribution in [2.45, 2.75) is 56.8 Å². The summed E-state index contributed by atoms with van der Waals surface area (Å²) in [5, 5.41) is 17.3. The summed E-state index contributed by atoms with van der Waals surface area (Å²) in [7, 11) is 5.89. The fourth-order valence-electron chi connectivity index (χ4n) is 4.39. The Bertz CT molecular complexity index is 938. The van der Waals surface area contributed by atoms with Gasteiger partial charge in [-0.2, -0.15) is 0 Å². The topological polar surface area (TPSA) is 84.9 Å². The van der Waals surface area contributed by atoms with Gasteiger partial charge in [0.25, 0.3) is 0 Å². The van der Waals surface area contributed by atoms with E-state index in [1.54, 1.807) is 11.8 Å². The minimum absolute atomic E-state index is 0.126. The van der Waals surface area contributed by atoms with E-state index in [1.165, 1.54) is 0 Å². The van der Waals surface area contributed by atoms with Gasteiger partial charge in [-0.25, -0.2) is 4.79 Å². The van der Waals surface area contributed by atoms with Gasteiger partial charge in [-0.15, -0.1) is 0 Å². The van der Waals surface area contributed by atoms with E-state index in [4.69, 9.17) is 0 Å². The molecule has 10 heteroatoms. The first kappa shape index (κ1) is 28.0. The van der Waals surface area contributed by atoms with Crippen LogP contribution in [0, 0.1) is 0 Å². The lowest BCUT2D eigenvalue weighted by Gasteiger charge is -2.35. The molecule has 1 fully saturated rings. The van der Waals surface area contributed by atoms with Gasteiger partial charge < -0.3 is 20.6 Å². The Morgan fingerprint density at radius 1 is 1.14 bits per heavy atom. The van der Waals surface area contributed by atoms with E-state index in [1.807, 2.05) is 48.5 Å². The van der Waals surface area contributed by atoms with Gasteiger partial charge in [0.2, 0.25) is 5.91 Å². The maximum atomic E-state index is 13.2. The molecule has 3 N–H and O–H groups in total. The molecule has 3 amide bonds. The number of hydrogen-bond donors (Lipinski definition) is 3. The van der Waals surface area contributed by atoms with Gasteiger partial charge in [0, 0.05) is 25.2 Å². The maximum Gasteiger partial charge on any atom is 0.318 e. The molecule has 3 rings (SSSR count). The molecule has 7 nitrogen and oxygen atoms in total. The van der Waals surface area contributed by atoms with Crippen molar-refractivity contribution in [1.29, 1.82) is 0 Å². The summed E-state index contributed by atoms with van der Waals surface area (Å²) in [5.74, 6) is -0.203. The molecule has 1 saturated heterocycles. The van der Waals surface area contributed by atoms with Crippen LogP contribution in [0.25, 0.3) is 0 Å². The van der Waals surface area contributed by atoms with Crippen LogP contribution in [0.4, 0.5) is 4.79 Å². The Morgan fingerprint density at radius 3 is 2.31 bits per heavy atom. The number of aliphatic hydroxyl groups excluding tert-OH is 1. The number of urea groups is 1. The molecule has 0 bridgehead atoms. The average molecular weight is 535 g/mol. The Labute approximate surface area is 215 Å². The summed E-state index contributed by atoms with van der Waals surface area (Å²) in [6, 6.07) is 18.9. The van der Waals surface area contributed by atoms with Crippen molar-refractivity contribution in [3.05, 3.63) is 71.8 Å². The molecule has 1 aliphatic rings. The van der Waals surface area contributed by atoms with Crippen molar-refractivity contribution in [2.24, 2.45) is 0 Å². The molecule has 7 atom stereocenters. The Kier molecular flexibility index (Phi) is 11.4. The Morgan fingerprint density at radius 2 is 1.74 bits per heavy atom. The second-order valence-electron chi connectivity index (χ2n) is 8.95. The molecular weight excluding hydrogens is 497 g/mol. The van der Waals surface area contributed by atoms with Gasteiger partial charge in [-0.1, -0.05) is 79.0 Å².